The predicted octanol–water partition coefficient (Wildman–Crippen LogP) is 5.05. The van der Waals surface area contributed by atoms with Gasteiger partial charge in [-0.05, 0) is 97.1 Å². The van der Waals surface area contributed by atoms with Gasteiger partial charge in [-0.15, -0.1) is 0 Å². The summed E-state index contributed by atoms with van der Waals surface area (Å²) in [6, 6.07) is 12.6. The monoisotopic (exact) mass is 434 g/mol. The zero-order valence-electron chi connectivity index (χ0n) is 18.7. The van der Waals surface area contributed by atoms with Crippen molar-refractivity contribution in [2.75, 3.05) is 0 Å². The topological polar surface area (TPSA) is 72.8 Å². The Hall–Kier alpha value is -2.66. The molecule has 0 unspecified atom stereocenters. The number of hydrogen-bond acceptors (Lipinski definition) is 5. The molecule has 2 saturated carbocycles. The maximum absolute atomic E-state index is 12.8. The molecule has 1 N–H and O–H groups in total. The summed E-state index contributed by atoms with van der Waals surface area (Å²) in [6.45, 7) is 3.59. The third-order valence-electron chi connectivity index (χ3n) is 8.22. The van der Waals surface area contributed by atoms with E-state index in [0.29, 0.717) is 23.5 Å². The Bertz CT molecular complexity index is 1060. The maximum atomic E-state index is 12.8. The number of carbonyl (C=O) groups is 2. The van der Waals surface area contributed by atoms with Crippen LogP contribution >= 0.6 is 0 Å². The smallest absolute Gasteiger partial charge is 0.347 e. The zero-order valence-corrected chi connectivity index (χ0v) is 18.7. The SMILES string of the molecule is CC(=O)Oc1ccccc1C(=O)Oc1ccc2c(c1)CC[C@H]1[C@@H]2CC[C@]2(C)[C@@H](O)CC[C@@H]12. The van der Waals surface area contributed by atoms with Crippen LogP contribution in [0, 0.1) is 17.3 Å². The molecule has 32 heavy (non-hydrogen) atoms. The first kappa shape index (κ1) is 21.2. The van der Waals surface area contributed by atoms with Crippen molar-refractivity contribution in [3.63, 3.8) is 0 Å². The van der Waals surface area contributed by atoms with E-state index in [-0.39, 0.29) is 22.8 Å². The number of aliphatic hydroxyl groups excluding tert-OH is 1. The Labute approximate surface area is 188 Å². The van der Waals surface area contributed by atoms with Gasteiger partial charge in [-0.2, -0.15) is 0 Å². The van der Waals surface area contributed by atoms with Crippen LogP contribution in [0.4, 0.5) is 0 Å². The molecule has 168 valence electrons. The maximum Gasteiger partial charge on any atom is 0.347 e. The van der Waals surface area contributed by atoms with E-state index >= 15 is 0 Å². The number of aryl methyl sites for hydroxylation is 1. The van der Waals surface area contributed by atoms with Gasteiger partial charge >= 0.3 is 11.9 Å². The summed E-state index contributed by atoms with van der Waals surface area (Å²) < 4.78 is 10.8. The number of ether oxygens (including phenoxy) is 2. The Morgan fingerprint density at radius 3 is 2.66 bits per heavy atom. The van der Waals surface area contributed by atoms with E-state index in [9.17, 15) is 14.7 Å². The van der Waals surface area contributed by atoms with Crippen LogP contribution in [0.2, 0.25) is 0 Å². The van der Waals surface area contributed by atoms with E-state index in [1.807, 2.05) is 12.1 Å². The molecule has 0 saturated heterocycles. The Morgan fingerprint density at radius 2 is 1.84 bits per heavy atom. The van der Waals surface area contributed by atoms with Crippen LogP contribution in [0.25, 0.3) is 0 Å². The molecule has 5 rings (SSSR count). The highest BCUT2D eigenvalue weighted by molar-refractivity contribution is 5.94. The minimum atomic E-state index is -0.538. The lowest BCUT2D eigenvalue weighted by atomic mass is 9.55. The molecule has 0 amide bonds. The molecule has 3 aliphatic carbocycles. The molecular formula is C27H30O5. The van der Waals surface area contributed by atoms with Crippen molar-refractivity contribution in [2.45, 2.75) is 64.4 Å². The summed E-state index contributed by atoms with van der Waals surface area (Å²) in [7, 11) is 0. The van der Waals surface area contributed by atoms with Gasteiger partial charge in [-0.25, -0.2) is 4.79 Å². The largest absolute Gasteiger partial charge is 0.426 e. The molecule has 5 heteroatoms. The predicted molar refractivity (Wildman–Crippen MR) is 120 cm³/mol. The van der Waals surface area contributed by atoms with E-state index in [0.717, 1.165) is 38.5 Å². The molecule has 2 aromatic carbocycles. The second-order valence-electron chi connectivity index (χ2n) is 9.89. The highest BCUT2D eigenvalue weighted by atomic mass is 16.5. The van der Waals surface area contributed by atoms with E-state index in [2.05, 4.69) is 13.0 Å². The molecule has 3 aliphatic rings. The van der Waals surface area contributed by atoms with Crippen LogP contribution < -0.4 is 9.47 Å². The van der Waals surface area contributed by atoms with E-state index in [1.54, 1.807) is 24.3 Å². The minimum Gasteiger partial charge on any atom is -0.426 e. The Kier molecular flexibility index (Phi) is 5.32. The number of hydrogen-bond donors (Lipinski definition) is 1. The summed E-state index contributed by atoms with van der Waals surface area (Å²) in [5.74, 6) is 1.45. The fraction of sp³-hybridized carbons (Fsp3) is 0.481. The number of fused-ring (bicyclic) bond motifs is 5. The van der Waals surface area contributed by atoms with Crippen LogP contribution in [0.1, 0.15) is 73.4 Å². The number of esters is 2. The van der Waals surface area contributed by atoms with Gasteiger partial charge in [0.05, 0.1) is 6.10 Å². The van der Waals surface area contributed by atoms with Gasteiger partial charge in [-0.3, -0.25) is 4.79 Å². The van der Waals surface area contributed by atoms with Crippen molar-refractivity contribution < 1.29 is 24.2 Å². The molecule has 0 aliphatic heterocycles. The number of aliphatic hydroxyl groups is 1. The number of benzene rings is 2. The van der Waals surface area contributed by atoms with Crippen LogP contribution in [-0.4, -0.2) is 23.1 Å². The minimum absolute atomic E-state index is 0.0729. The van der Waals surface area contributed by atoms with E-state index in [4.69, 9.17) is 9.47 Å². The van der Waals surface area contributed by atoms with Gasteiger partial charge in [0.15, 0.2) is 0 Å². The average molecular weight is 435 g/mol. The van der Waals surface area contributed by atoms with Gasteiger partial charge < -0.3 is 14.6 Å². The summed E-state index contributed by atoms with van der Waals surface area (Å²) in [6.07, 6.45) is 6.17. The lowest BCUT2D eigenvalue weighted by molar-refractivity contribution is -0.131. The van der Waals surface area contributed by atoms with Gasteiger partial charge in [-0.1, -0.05) is 25.1 Å². The molecule has 0 aromatic heterocycles. The molecule has 5 atom stereocenters. The average Bonchev–Trinajstić information content (AvgIpc) is 3.08. The molecule has 2 aromatic rings. The molecule has 0 bridgehead atoms. The fourth-order valence-electron chi connectivity index (χ4n) is 6.64. The van der Waals surface area contributed by atoms with Gasteiger partial charge in [0.2, 0.25) is 0 Å². The highest BCUT2D eigenvalue weighted by Gasteiger charge is 2.54. The van der Waals surface area contributed by atoms with Gasteiger partial charge in [0, 0.05) is 6.92 Å². The summed E-state index contributed by atoms with van der Waals surface area (Å²) >= 11 is 0. The van der Waals surface area contributed by atoms with Crippen LogP contribution in [0.3, 0.4) is 0 Å². The lowest BCUT2D eigenvalue weighted by Crippen LogP contribution is -2.43. The van der Waals surface area contributed by atoms with E-state index < -0.39 is 11.9 Å². The Balaban J connectivity index is 1.35. The van der Waals surface area contributed by atoms with Gasteiger partial charge in [0.1, 0.15) is 17.1 Å². The summed E-state index contributed by atoms with van der Waals surface area (Å²) in [5.41, 5.74) is 2.94. The number of carbonyl (C=O) groups excluding carboxylic acids is 2. The van der Waals surface area contributed by atoms with Crippen molar-refractivity contribution in [1.29, 1.82) is 0 Å². The normalized spacial score (nSPS) is 30.6. The molecular weight excluding hydrogens is 404 g/mol. The number of rotatable bonds is 3. The first-order valence-electron chi connectivity index (χ1n) is 11.7. The fourth-order valence-corrected chi connectivity index (χ4v) is 6.64. The molecule has 2 fully saturated rings. The van der Waals surface area contributed by atoms with Crippen LogP contribution in [0.5, 0.6) is 11.5 Å². The zero-order chi connectivity index (χ0) is 22.5. The number of para-hydroxylation sites is 1. The molecule has 0 heterocycles. The summed E-state index contributed by atoms with van der Waals surface area (Å²) in [5, 5.41) is 10.6. The van der Waals surface area contributed by atoms with E-state index in [1.165, 1.54) is 18.1 Å². The molecule has 0 spiro atoms. The van der Waals surface area contributed by atoms with Crippen LogP contribution in [-0.2, 0) is 11.2 Å². The third-order valence-corrected chi connectivity index (χ3v) is 8.22. The first-order chi connectivity index (χ1) is 15.4. The molecule has 5 nitrogen and oxygen atoms in total. The lowest BCUT2D eigenvalue weighted by Gasteiger charge is -2.50. The third kappa shape index (κ3) is 3.53. The molecule has 0 radical (unpaired) electrons. The van der Waals surface area contributed by atoms with Crippen LogP contribution in [0.15, 0.2) is 42.5 Å². The van der Waals surface area contributed by atoms with Crippen molar-refractivity contribution in [3.8, 4) is 11.5 Å². The van der Waals surface area contributed by atoms with Crippen molar-refractivity contribution >= 4 is 11.9 Å². The Morgan fingerprint density at radius 1 is 1.03 bits per heavy atom. The van der Waals surface area contributed by atoms with Crippen molar-refractivity contribution in [2.24, 2.45) is 17.3 Å². The standard InChI is InChI=1S/C27H30O5/c1-16(28)31-24-6-4-3-5-22(24)26(30)32-18-8-10-19-17(15-18)7-9-21-20(19)13-14-27(2)23(21)11-12-25(27)29/h3-6,8,10,15,20-21,23,25,29H,7,9,11-14H2,1-2H3/t20-,21+,23+,25+,27+/m1/s1. The quantitative estimate of drug-likeness (QED) is 0.541. The highest BCUT2D eigenvalue weighted by Crippen LogP contribution is 2.60. The van der Waals surface area contributed by atoms with Crippen molar-refractivity contribution in [3.05, 3.63) is 59.2 Å². The van der Waals surface area contributed by atoms with Gasteiger partial charge in [0.25, 0.3) is 0 Å². The van der Waals surface area contributed by atoms with Crippen molar-refractivity contribution in [1.82, 2.24) is 0 Å². The second-order valence-corrected chi connectivity index (χ2v) is 9.89. The summed E-state index contributed by atoms with van der Waals surface area (Å²) in [4.78, 5) is 24.1. The first-order valence-corrected chi connectivity index (χ1v) is 11.7. The second kappa shape index (κ2) is 8.04.